The first kappa shape index (κ1) is 18.4. The van der Waals surface area contributed by atoms with Crippen molar-refractivity contribution in [3.8, 4) is 17.5 Å². The number of nitrogens with one attached hydrogen (secondary N) is 1. The molecular weight excluding hydrogens is 326 g/mol. The van der Waals surface area contributed by atoms with Crippen LogP contribution in [0.1, 0.15) is 20.3 Å². The average molecular weight is 350 g/mol. The minimum absolute atomic E-state index is 0.0653. The predicted molar refractivity (Wildman–Crippen MR) is 98.2 cm³/mol. The highest BCUT2D eigenvalue weighted by Gasteiger charge is 2.11. The van der Waals surface area contributed by atoms with E-state index in [1.807, 2.05) is 6.07 Å². The van der Waals surface area contributed by atoms with Crippen molar-refractivity contribution in [1.29, 1.82) is 0 Å². The maximum atomic E-state index is 6.13. The van der Waals surface area contributed by atoms with Crippen LogP contribution in [-0.2, 0) is 0 Å². The van der Waals surface area contributed by atoms with Crippen molar-refractivity contribution < 1.29 is 9.47 Å². The summed E-state index contributed by atoms with van der Waals surface area (Å²) in [7, 11) is 1.57. The molecule has 1 aromatic heterocycles. The number of nitrogens with two attached hydrogens (primary N) is 1. The number of hydrogen-bond donors (Lipinski definition) is 2. The zero-order valence-electron chi connectivity index (χ0n) is 14.3. The van der Waals surface area contributed by atoms with Gasteiger partial charge in [-0.05, 0) is 42.7 Å². The Morgan fingerprint density at radius 2 is 1.88 bits per heavy atom. The molecule has 2 aromatic rings. The molecule has 0 fully saturated rings. The van der Waals surface area contributed by atoms with E-state index in [1.165, 1.54) is 0 Å². The van der Waals surface area contributed by atoms with E-state index >= 15 is 0 Å². The van der Waals surface area contributed by atoms with Gasteiger partial charge in [0.05, 0.1) is 12.8 Å². The molecule has 1 heterocycles. The Kier molecular flexibility index (Phi) is 6.70. The van der Waals surface area contributed by atoms with Crippen LogP contribution in [0.4, 0.5) is 5.69 Å². The lowest BCUT2D eigenvalue weighted by atomic mass is 10.0. The molecule has 6 heteroatoms. The molecule has 0 aliphatic carbocycles. The predicted octanol–water partition coefficient (Wildman–Crippen LogP) is 4.32. The minimum atomic E-state index is 0.0653. The number of aromatic nitrogens is 1. The number of nitrogens with zero attached hydrogens (tertiary/aromatic N) is 1. The van der Waals surface area contributed by atoms with E-state index in [0.29, 0.717) is 35.0 Å². The quantitative estimate of drug-likeness (QED) is 0.742. The van der Waals surface area contributed by atoms with Crippen LogP contribution in [0.3, 0.4) is 0 Å². The topological polar surface area (TPSA) is 69.4 Å². The largest absolute Gasteiger partial charge is 0.481 e. The Morgan fingerprint density at radius 3 is 2.50 bits per heavy atom. The van der Waals surface area contributed by atoms with Gasteiger partial charge in [0.1, 0.15) is 5.75 Å². The van der Waals surface area contributed by atoms with Crippen LogP contribution in [0.2, 0.25) is 5.02 Å². The second-order valence-electron chi connectivity index (χ2n) is 6.03. The summed E-state index contributed by atoms with van der Waals surface area (Å²) in [6.07, 6.45) is 0.948. The molecule has 2 rings (SSSR count). The van der Waals surface area contributed by atoms with E-state index in [2.05, 4.69) is 24.1 Å². The van der Waals surface area contributed by atoms with E-state index < -0.39 is 0 Å². The van der Waals surface area contributed by atoms with Crippen molar-refractivity contribution in [3.05, 3.63) is 41.4 Å². The van der Waals surface area contributed by atoms with Crippen molar-refractivity contribution >= 4 is 17.3 Å². The fraction of sp³-hybridized carbons (Fsp3) is 0.389. The summed E-state index contributed by atoms with van der Waals surface area (Å²) in [5.74, 6) is 2.12. The zero-order valence-corrected chi connectivity index (χ0v) is 15.0. The van der Waals surface area contributed by atoms with Crippen LogP contribution < -0.4 is 20.5 Å². The lowest BCUT2D eigenvalue weighted by Gasteiger charge is -2.17. The first-order valence-electron chi connectivity index (χ1n) is 7.96. The summed E-state index contributed by atoms with van der Waals surface area (Å²) in [6, 6.07) is 10.8. The Morgan fingerprint density at radius 1 is 1.17 bits per heavy atom. The maximum absolute atomic E-state index is 6.13. The van der Waals surface area contributed by atoms with Crippen molar-refractivity contribution in [2.45, 2.75) is 26.3 Å². The number of methoxy groups -OCH3 is 1. The van der Waals surface area contributed by atoms with E-state index in [4.69, 9.17) is 26.8 Å². The van der Waals surface area contributed by atoms with Gasteiger partial charge in [-0.2, -0.15) is 4.98 Å². The highest BCUT2D eigenvalue weighted by molar-refractivity contribution is 6.30. The first-order valence-corrected chi connectivity index (χ1v) is 8.33. The molecule has 0 saturated heterocycles. The van der Waals surface area contributed by atoms with Crippen LogP contribution in [0.5, 0.6) is 17.5 Å². The summed E-state index contributed by atoms with van der Waals surface area (Å²) in [5.41, 5.74) is 6.90. The molecule has 0 saturated carbocycles. The van der Waals surface area contributed by atoms with Gasteiger partial charge in [-0.15, -0.1) is 0 Å². The number of hydrogen-bond acceptors (Lipinski definition) is 5. The van der Waals surface area contributed by atoms with Gasteiger partial charge < -0.3 is 20.5 Å². The molecule has 0 unspecified atom stereocenters. The van der Waals surface area contributed by atoms with Gasteiger partial charge in [-0.1, -0.05) is 25.4 Å². The fourth-order valence-electron chi connectivity index (χ4n) is 2.29. The number of anilines is 1. The van der Waals surface area contributed by atoms with Crippen LogP contribution >= 0.6 is 11.6 Å². The van der Waals surface area contributed by atoms with Crippen LogP contribution in [0.15, 0.2) is 36.4 Å². The molecule has 24 heavy (non-hydrogen) atoms. The highest BCUT2D eigenvalue weighted by Crippen LogP contribution is 2.30. The maximum Gasteiger partial charge on any atom is 0.246 e. The summed E-state index contributed by atoms with van der Waals surface area (Å²) >= 11 is 5.90. The number of ether oxygens (including phenoxy) is 2. The molecule has 0 aliphatic heterocycles. The van der Waals surface area contributed by atoms with Gasteiger partial charge in [0.25, 0.3) is 0 Å². The van der Waals surface area contributed by atoms with Gasteiger partial charge in [0.2, 0.25) is 11.8 Å². The number of rotatable bonds is 8. The van der Waals surface area contributed by atoms with Crippen molar-refractivity contribution in [2.24, 2.45) is 11.7 Å². The molecule has 0 aliphatic rings. The summed E-state index contributed by atoms with van der Waals surface area (Å²) in [6.45, 7) is 4.96. The second-order valence-corrected chi connectivity index (χ2v) is 6.47. The molecule has 0 bridgehead atoms. The second kappa shape index (κ2) is 8.76. The summed E-state index contributed by atoms with van der Waals surface area (Å²) in [5, 5.41) is 3.96. The van der Waals surface area contributed by atoms with E-state index in [9.17, 15) is 0 Å². The van der Waals surface area contributed by atoms with E-state index in [0.717, 1.165) is 12.1 Å². The molecule has 0 amide bonds. The number of halogens is 1. The average Bonchev–Trinajstić information content (AvgIpc) is 2.55. The lowest BCUT2D eigenvalue weighted by molar-refractivity contribution is 0.384. The van der Waals surface area contributed by atoms with E-state index in [1.54, 1.807) is 37.4 Å². The molecular formula is C18H24ClN3O2. The van der Waals surface area contributed by atoms with Gasteiger partial charge >= 0.3 is 0 Å². The summed E-state index contributed by atoms with van der Waals surface area (Å²) < 4.78 is 11.0. The third kappa shape index (κ3) is 5.58. The van der Waals surface area contributed by atoms with E-state index in [-0.39, 0.29) is 6.04 Å². The first-order chi connectivity index (χ1) is 11.5. The molecule has 1 atom stereocenters. The van der Waals surface area contributed by atoms with Crippen molar-refractivity contribution in [3.63, 3.8) is 0 Å². The monoisotopic (exact) mass is 349 g/mol. The van der Waals surface area contributed by atoms with Gasteiger partial charge in [0, 0.05) is 23.7 Å². The molecule has 5 nitrogen and oxygen atoms in total. The molecule has 1 aromatic carbocycles. The molecule has 130 valence electrons. The van der Waals surface area contributed by atoms with Crippen LogP contribution in [-0.4, -0.2) is 24.7 Å². The fourth-order valence-corrected chi connectivity index (χ4v) is 2.42. The lowest BCUT2D eigenvalue weighted by Crippen LogP contribution is -2.30. The van der Waals surface area contributed by atoms with Crippen molar-refractivity contribution in [2.75, 3.05) is 19.0 Å². The third-order valence-electron chi connectivity index (χ3n) is 3.40. The summed E-state index contributed by atoms with van der Waals surface area (Å²) in [4.78, 5) is 4.37. The highest BCUT2D eigenvalue weighted by atomic mass is 35.5. The minimum Gasteiger partial charge on any atom is -0.481 e. The molecule has 0 spiro atoms. The van der Waals surface area contributed by atoms with Crippen LogP contribution in [0, 0.1) is 5.92 Å². The molecule has 0 radical (unpaired) electrons. The van der Waals surface area contributed by atoms with Gasteiger partial charge in [0.15, 0.2) is 0 Å². The third-order valence-corrected chi connectivity index (χ3v) is 3.65. The van der Waals surface area contributed by atoms with Gasteiger partial charge in [-0.25, -0.2) is 0 Å². The number of pyridine rings is 1. The normalized spacial score (nSPS) is 12.1. The van der Waals surface area contributed by atoms with Crippen molar-refractivity contribution in [1.82, 2.24) is 4.98 Å². The SMILES string of the molecule is COc1ccc(NC[C@@H](N)CC(C)C)c(Oc2ccc(Cl)cc2)n1. The Balaban J connectivity index is 2.13. The zero-order chi connectivity index (χ0) is 17.5. The molecule has 3 N–H and O–H groups in total. The Bertz CT molecular complexity index is 647. The Labute approximate surface area is 148 Å². The number of benzene rings is 1. The van der Waals surface area contributed by atoms with Crippen LogP contribution in [0.25, 0.3) is 0 Å². The standard InChI is InChI=1S/C18H24ClN3O2/c1-12(2)10-14(20)11-21-16-8-9-17(23-3)22-18(16)24-15-6-4-13(19)5-7-15/h4-9,12,14,21H,10-11,20H2,1-3H3/t14-/m0/s1. The Hall–Kier alpha value is -1.98. The smallest absolute Gasteiger partial charge is 0.246 e. The van der Waals surface area contributed by atoms with Gasteiger partial charge in [-0.3, -0.25) is 0 Å².